The number of hydrogen-bond acceptors (Lipinski definition) is 3. The normalized spacial score (nSPS) is 23.0. The molecule has 0 aliphatic carbocycles. The standard InChI is InChI=1S/C8H10N2OS/c11-9-10-3-1-7(5-10)8-2-4-12-6-8/h2,4,6-7H,1,3,5H2. The highest BCUT2D eigenvalue weighted by molar-refractivity contribution is 7.07. The topological polar surface area (TPSA) is 32.7 Å². The summed E-state index contributed by atoms with van der Waals surface area (Å²) in [6.45, 7) is 1.60. The van der Waals surface area contributed by atoms with Crippen LogP contribution in [0, 0.1) is 4.91 Å². The van der Waals surface area contributed by atoms with E-state index in [1.54, 1.807) is 16.3 Å². The van der Waals surface area contributed by atoms with Crippen molar-refractivity contribution in [3.63, 3.8) is 0 Å². The lowest BCUT2D eigenvalue weighted by Gasteiger charge is -2.06. The van der Waals surface area contributed by atoms with Crippen LogP contribution in [0.4, 0.5) is 0 Å². The molecular weight excluding hydrogens is 172 g/mol. The van der Waals surface area contributed by atoms with Crippen molar-refractivity contribution in [3.8, 4) is 0 Å². The quantitative estimate of drug-likeness (QED) is 0.657. The Kier molecular flexibility index (Phi) is 2.08. The molecule has 0 bridgehead atoms. The first-order valence-electron chi connectivity index (χ1n) is 4.00. The molecule has 0 saturated carbocycles. The monoisotopic (exact) mass is 182 g/mol. The number of thiophene rings is 1. The van der Waals surface area contributed by atoms with Gasteiger partial charge in [0.05, 0.1) is 5.29 Å². The Hall–Kier alpha value is -0.900. The van der Waals surface area contributed by atoms with Gasteiger partial charge in [-0.15, -0.1) is 4.91 Å². The molecular formula is C8H10N2OS. The summed E-state index contributed by atoms with van der Waals surface area (Å²) in [5, 5.41) is 8.76. The molecule has 1 aliphatic rings. The van der Waals surface area contributed by atoms with Crippen LogP contribution in [-0.4, -0.2) is 18.1 Å². The number of nitrogens with zero attached hydrogens (tertiary/aromatic N) is 2. The molecule has 0 aromatic carbocycles. The maximum Gasteiger partial charge on any atom is 0.0524 e. The van der Waals surface area contributed by atoms with Crippen LogP contribution >= 0.6 is 11.3 Å². The Morgan fingerprint density at radius 2 is 2.58 bits per heavy atom. The summed E-state index contributed by atoms with van der Waals surface area (Å²) in [6.07, 6.45) is 1.06. The SMILES string of the molecule is O=NN1CCC(c2ccsc2)C1. The van der Waals surface area contributed by atoms with Gasteiger partial charge in [0.2, 0.25) is 0 Å². The minimum Gasteiger partial charge on any atom is -0.260 e. The summed E-state index contributed by atoms with van der Waals surface area (Å²) in [7, 11) is 0. The molecule has 1 fully saturated rings. The average Bonchev–Trinajstić information content (AvgIpc) is 2.75. The van der Waals surface area contributed by atoms with E-state index in [4.69, 9.17) is 0 Å². The largest absolute Gasteiger partial charge is 0.260 e. The van der Waals surface area contributed by atoms with Crippen molar-refractivity contribution in [2.24, 2.45) is 5.29 Å². The van der Waals surface area contributed by atoms with Gasteiger partial charge in [-0.2, -0.15) is 11.3 Å². The molecule has 64 valence electrons. The van der Waals surface area contributed by atoms with E-state index in [0.717, 1.165) is 19.5 Å². The molecule has 12 heavy (non-hydrogen) atoms. The predicted octanol–water partition coefficient (Wildman–Crippen LogP) is 2.22. The van der Waals surface area contributed by atoms with Crippen LogP contribution in [-0.2, 0) is 0 Å². The van der Waals surface area contributed by atoms with Crippen LogP contribution in [0.1, 0.15) is 17.9 Å². The molecule has 1 atom stereocenters. The third-order valence-electron chi connectivity index (χ3n) is 2.30. The van der Waals surface area contributed by atoms with E-state index in [2.05, 4.69) is 22.1 Å². The van der Waals surface area contributed by atoms with Gasteiger partial charge in [0.25, 0.3) is 0 Å². The zero-order valence-corrected chi connectivity index (χ0v) is 7.46. The van der Waals surface area contributed by atoms with Gasteiger partial charge in [-0.05, 0) is 28.8 Å². The molecule has 0 spiro atoms. The summed E-state index contributed by atoms with van der Waals surface area (Å²) in [6, 6.07) is 2.13. The zero-order chi connectivity index (χ0) is 8.39. The van der Waals surface area contributed by atoms with E-state index in [1.807, 2.05) is 0 Å². The maximum absolute atomic E-state index is 10.2. The van der Waals surface area contributed by atoms with Crippen LogP contribution in [0.3, 0.4) is 0 Å². The lowest BCUT2D eigenvalue weighted by atomic mass is 10.0. The lowest BCUT2D eigenvalue weighted by Crippen LogP contribution is -2.11. The van der Waals surface area contributed by atoms with Crippen molar-refractivity contribution in [3.05, 3.63) is 27.3 Å². The molecule has 0 amide bonds. The fourth-order valence-corrected chi connectivity index (χ4v) is 2.34. The van der Waals surface area contributed by atoms with Crippen LogP contribution in [0.15, 0.2) is 22.1 Å². The van der Waals surface area contributed by atoms with E-state index in [9.17, 15) is 4.91 Å². The molecule has 4 heteroatoms. The third kappa shape index (κ3) is 1.34. The van der Waals surface area contributed by atoms with Gasteiger partial charge in [-0.25, -0.2) is 0 Å². The zero-order valence-electron chi connectivity index (χ0n) is 6.64. The van der Waals surface area contributed by atoms with E-state index >= 15 is 0 Å². The molecule has 3 nitrogen and oxygen atoms in total. The van der Waals surface area contributed by atoms with Gasteiger partial charge < -0.3 is 0 Å². The van der Waals surface area contributed by atoms with E-state index < -0.39 is 0 Å². The predicted molar refractivity (Wildman–Crippen MR) is 49.0 cm³/mol. The minimum atomic E-state index is 0.522. The van der Waals surface area contributed by atoms with Crippen molar-refractivity contribution in [2.45, 2.75) is 12.3 Å². The van der Waals surface area contributed by atoms with Crippen molar-refractivity contribution < 1.29 is 0 Å². The fourth-order valence-electron chi connectivity index (χ4n) is 1.60. The third-order valence-corrected chi connectivity index (χ3v) is 3.00. The van der Waals surface area contributed by atoms with E-state index in [1.165, 1.54) is 5.56 Å². The highest BCUT2D eigenvalue weighted by atomic mass is 32.1. The highest BCUT2D eigenvalue weighted by Crippen LogP contribution is 2.28. The summed E-state index contributed by atoms with van der Waals surface area (Å²) in [5.74, 6) is 0.522. The summed E-state index contributed by atoms with van der Waals surface area (Å²) < 4.78 is 0. The van der Waals surface area contributed by atoms with Crippen molar-refractivity contribution in [1.29, 1.82) is 0 Å². The summed E-state index contributed by atoms with van der Waals surface area (Å²) in [5.41, 5.74) is 1.35. The maximum atomic E-state index is 10.2. The van der Waals surface area contributed by atoms with Gasteiger partial charge in [0.1, 0.15) is 0 Å². The summed E-state index contributed by atoms with van der Waals surface area (Å²) >= 11 is 1.71. The van der Waals surface area contributed by atoms with Crippen molar-refractivity contribution >= 4 is 11.3 Å². The molecule has 1 aromatic rings. The Bertz CT molecular complexity index is 260. The molecule has 1 saturated heterocycles. The number of hydrogen-bond donors (Lipinski definition) is 0. The molecule has 0 radical (unpaired) electrons. The van der Waals surface area contributed by atoms with Gasteiger partial charge in [0.15, 0.2) is 0 Å². The van der Waals surface area contributed by atoms with Crippen molar-refractivity contribution in [2.75, 3.05) is 13.1 Å². The molecule has 0 N–H and O–H groups in total. The first-order valence-corrected chi connectivity index (χ1v) is 4.95. The highest BCUT2D eigenvalue weighted by Gasteiger charge is 2.23. The fraction of sp³-hybridized carbons (Fsp3) is 0.500. The second-order valence-electron chi connectivity index (χ2n) is 3.04. The summed E-state index contributed by atoms with van der Waals surface area (Å²) in [4.78, 5) is 10.2. The Balaban J connectivity index is 2.04. The number of rotatable bonds is 2. The van der Waals surface area contributed by atoms with Crippen LogP contribution < -0.4 is 0 Å². The van der Waals surface area contributed by atoms with E-state index in [0.29, 0.717) is 5.92 Å². The Labute approximate surface area is 75.0 Å². The Morgan fingerprint density at radius 1 is 1.67 bits per heavy atom. The first-order chi connectivity index (χ1) is 5.90. The molecule has 2 rings (SSSR count). The van der Waals surface area contributed by atoms with Crippen molar-refractivity contribution in [1.82, 2.24) is 5.01 Å². The second-order valence-corrected chi connectivity index (χ2v) is 3.82. The van der Waals surface area contributed by atoms with Gasteiger partial charge in [-0.3, -0.25) is 5.01 Å². The molecule has 2 heterocycles. The average molecular weight is 182 g/mol. The minimum absolute atomic E-state index is 0.522. The lowest BCUT2D eigenvalue weighted by molar-refractivity contribution is 0.350. The van der Waals surface area contributed by atoms with Crippen LogP contribution in [0.2, 0.25) is 0 Å². The second kappa shape index (κ2) is 3.23. The molecule has 1 aliphatic heterocycles. The molecule has 1 aromatic heterocycles. The van der Waals surface area contributed by atoms with E-state index in [-0.39, 0.29) is 0 Å². The van der Waals surface area contributed by atoms with Crippen LogP contribution in [0.25, 0.3) is 0 Å². The van der Waals surface area contributed by atoms with Crippen LogP contribution in [0.5, 0.6) is 0 Å². The smallest absolute Gasteiger partial charge is 0.0524 e. The van der Waals surface area contributed by atoms with Gasteiger partial charge in [-0.1, -0.05) is 0 Å². The number of nitroso groups, excluding NO2 is 1. The van der Waals surface area contributed by atoms with Gasteiger partial charge in [0, 0.05) is 19.0 Å². The van der Waals surface area contributed by atoms with Gasteiger partial charge >= 0.3 is 0 Å². The Morgan fingerprint density at radius 3 is 3.17 bits per heavy atom. The first kappa shape index (κ1) is 7.73. The molecule has 1 unspecified atom stereocenters.